The molecule has 0 aromatic carbocycles. The fraction of sp³-hybridized carbons (Fsp3) is 0.357. The average molecular weight is 309 g/mol. The number of hydrogen-bond donors (Lipinski definition) is 1. The van der Waals surface area contributed by atoms with Crippen molar-refractivity contribution in [1.82, 2.24) is 19.6 Å². The zero-order valence-corrected chi connectivity index (χ0v) is 12.5. The summed E-state index contributed by atoms with van der Waals surface area (Å²) < 4.78 is 1.40. The van der Waals surface area contributed by atoms with Crippen molar-refractivity contribution in [2.75, 3.05) is 19.6 Å². The smallest absolute Gasteiger partial charge is 0.270 e. The molecule has 3 heterocycles. The molecular weight excluding hydrogens is 292 g/mol. The van der Waals surface area contributed by atoms with E-state index in [0.717, 1.165) is 13.1 Å². The van der Waals surface area contributed by atoms with Crippen LogP contribution in [0.1, 0.15) is 17.3 Å². The van der Waals surface area contributed by atoms with Gasteiger partial charge in [0.15, 0.2) is 0 Å². The molecule has 0 saturated carbocycles. The first-order valence-electron chi connectivity index (χ1n) is 6.66. The van der Waals surface area contributed by atoms with E-state index in [1.165, 1.54) is 10.6 Å². The molecule has 1 amide bonds. The predicted molar refractivity (Wildman–Crippen MR) is 82.1 cm³/mol. The first kappa shape index (κ1) is 15.5. The number of hydrogen-bond acceptors (Lipinski definition) is 4. The van der Waals surface area contributed by atoms with Crippen LogP contribution >= 0.6 is 12.4 Å². The summed E-state index contributed by atoms with van der Waals surface area (Å²) in [5.41, 5.74) is 0.358. The van der Waals surface area contributed by atoms with Crippen LogP contribution in [-0.4, -0.2) is 45.9 Å². The van der Waals surface area contributed by atoms with Crippen molar-refractivity contribution in [3.05, 3.63) is 46.5 Å². The molecule has 0 spiro atoms. The standard InChI is InChI=1S/C14H16N4O2.ClH/c1-10-8-15-5-7-17(10)13(19)11-9-16-12-4-2-3-6-18(12)14(11)20;/h2-4,6,9-10,15H,5,7-8H2,1H3;1H/t10-;/m0./s1. The van der Waals surface area contributed by atoms with Gasteiger partial charge in [-0.05, 0) is 19.1 Å². The van der Waals surface area contributed by atoms with E-state index in [9.17, 15) is 9.59 Å². The monoisotopic (exact) mass is 308 g/mol. The maximum absolute atomic E-state index is 12.5. The van der Waals surface area contributed by atoms with Gasteiger partial charge >= 0.3 is 0 Å². The van der Waals surface area contributed by atoms with Gasteiger partial charge in [-0.25, -0.2) is 4.98 Å². The molecule has 6 nitrogen and oxygen atoms in total. The minimum Gasteiger partial charge on any atom is -0.333 e. The maximum Gasteiger partial charge on any atom is 0.270 e. The van der Waals surface area contributed by atoms with Gasteiger partial charge in [-0.3, -0.25) is 14.0 Å². The molecule has 0 unspecified atom stereocenters. The minimum absolute atomic E-state index is 0. The summed E-state index contributed by atoms with van der Waals surface area (Å²) in [6.45, 7) is 4.07. The van der Waals surface area contributed by atoms with Crippen LogP contribution < -0.4 is 10.9 Å². The minimum atomic E-state index is -0.314. The molecule has 21 heavy (non-hydrogen) atoms. The van der Waals surface area contributed by atoms with Gasteiger partial charge in [-0.15, -0.1) is 12.4 Å². The van der Waals surface area contributed by atoms with E-state index in [4.69, 9.17) is 0 Å². The number of halogens is 1. The van der Waals surface area contributed by atoms with Crippen molar-refractivity contribution in [2.24, 2.45) is 0 Å². The zero-order chi connectivity index (χ0) is 14.1. The molecule has 1 fully saturated rings. The van der Waals surface area contributed by atoms with Crippen LogP contribution in [0.15, 0.2) is 35.4 Å². The molecule has 2 aromatic rings. The summed E-state index contributed by atoms with van der Waals surface area (Å²) in [5, 5.41) is 3.22. The molecule has 0 aliphatic carbocycles. The quantitative estimate of drug-likeness (QED) is 0.835. The van der Waals surface area contributed by atoms with Crippen LogP contribution in [0.2, 0.25) is 0 Å². The molecular formula is C14H17ClN4O2. The van der Waals surface area contributed by atoms with Crippen molar-refractivity contribution >= 4 is 24.0 Å². The number of carbonyl (C=O) groups is 1. The highest BCUT2D eigenvalue weighted by Crippen LogP contribution is 2.08. The SMILES string of the molecule is C[C@H]1CNCCN1C(=O)c1cnc2ccccn2c1=O.Cl. The zero-order valence-electron chi connectivity index (χ0n) is 11.7. The lowest BCUT2D eigenvalue weighted by Gasteiger charge is -2.33. The lowest BCUT2D eigenvalue weighted by Crippen LogP contribution is -2.53. The Labute approximate surface area is 128 Å². The molecule has 112 valence electrons. The van der Waals surface area contributed by atoms with Crippen LogP contribution in [0.4, 0.5) is 0 Å². The van der Waals surface area contributed by atoms with E-state index >= 15 is 0 Å². The molecule has 1 atom stereocenters. The first-order valence-corrected chi connectivity index (χ1v) is 6.66. The van der Waals surface area contributed by atoms with Crippen LogP contribution in [0.5, 0.6) is 0 Å². The van der Waals surface area contributed by atoms with Crippen LogP contribution in [-0.2, 0) is 0 Å². The molecule has 1 aliphatic heterocycles. The molecule has 2 aromatic heterocycles. The number of amides is 1. The average Bonchev–Trinajstić information content (AvgIpc) is 2.48. The molecule has 7 heteroatoms. The maximum atomic E-state index is 12.5. The summed E-state index contributed by atoms with van der Waals surface area (Å²) in [7, 11) is 0. The van der Waals surface area contributed by atoms with Gasteiger partial charge in [-0.1, -0.05) is 6.07 Å². The molecule has 1 saturated heterocycles. The number of carbonyl (C=O) groups excluding carboxylic acids is 1. The lowest BCUT2D eigenvalue weighted by atomic mass is 10.2. The van der Waals surface area contributed by atoms with E-state index in [1.54, 1.807) is 23.2 Å². The van der Waals surface area contributed by atoms with Crippen molar-refractivity contribution in [3.63, 3.8) is 0 Å². The fourth-order valence-electron chi connectivity index (χ4n) is 2.47. The third-order valence-corrected chi connectivity index (χ3v) is 3.61. The number of piperazine rings is 1. The fourth-order valence-corrected chi connectivity index (χ4v) is 2.47. The second kappa shape index (κ2) is 6.24. The van der Waals surface area contributed by atoms with Gasteiger partial charge in [0, 0.05) is 38.1 Å². The summed E-state index contributed by atoms with van der Waals surface area (Å²) in [6.07, 6.45) is 3.01. The van der Waals surface area contributed by atoms with E-state index in [2.05, 4.69) is 10.3 Å². The summed E-state index contributed by atoms with van der Waals surface area (Å²) in [4.78, 5) is 30.8. The predicted octanol–water partition coefficient (Wildman–Crippen LogP) is 0.550. The molecule has 1 aliphatic rings. The normalized spacial score (nSPS) is 18.3. The Morgan fingerprint density at radius 3 is 3.00 bits per heavy atom. The highest BCUT2D eigenvalue weighted by molar-refractivity contribution is 5.94. The molecule has 3 rings (SSSR count). The Kier molecular flexibility index (Phi) is 4.59. The Bertz CT molecular complexity index is 715. The van der Waals surface area contributed by atoms with E-state index < -0.39 is 0 Å². The topological polar surface area (TPSA) is 66.7 Å². The summed E-state index contributed by atoms with van der Waals surface area (Å²) in [5.74, 6) is -0.241. The largest absolute Gasteiger partial charge is 0.333 e. The number of pyridine rings is 1. The van der Waals surface area contributed by atoms with Gasteiger partial charge < -0.3 is 10.2 Å². The number of fused-ring (bicyclic) bond motifs is 1. The first-order chi connectivity index (χ1) is 9.68. The van der Waals surface area contributed by atoms with Crippen molar-refractivity contribution in [1.29, 1.82) is 0 Å². The van der Waals surface area contributed by atoms with Crippen LogP contribution in [0, 0.1) is 0 Å². The van der Waals surface area contributed by atoms with Crippen molar-refractivity contribution in [3.8, 4) is 0 Å². The number of nitrogens with one attached hydrogen (secondary N) is 1. The molecule has 0 radical (unpaired) electrons. The number of nitrogens with zero attached hydrogens (tertiary/aromatic N) is 3. The Morgan fingerprint density at radius 1 is 1.43 bits per heavy atom. The second-order valence-electron chi connectivity index (χ2n) is 4.96. The van der Waals surface area contributed by atoms with Crippen molar-refractivity contribution in [2.45, 2.75) is 13.0 Å². The van der Waals surface area contributed by atoms with Gasteiger partial charge in [0.25, 0.3) is 11.5 Å². The van der Waals surface area contributed by atoms with Gasteiger partial charge in [-0.2, -0.15) is 0 Å². The van der Waals surface area contributed by atoms with Crippen LogP contribution in [0.25, 0.3) is 5.65 Å². The van der Waals surface area contributed by atoms with Crippen LogP contribution in [0.3, 0.4) is 0 Å². The lowest BCUT2D eigenvalue weighted by molar-refractivity contribution is 0.0653. The van der Waals surface area contributed by atoms with E-state index in [0.29, 0.717) is 12.2 Å². The number of aromatic nitrogens is 2. The third-order valence-electron chi connectivity index (χ3n) is 3.61. The van der Waals surface area contributed by atoms with Gasteiger partial charge in [0.2, 0.25) is 0 Å². The summed E-state index contributed by atoms with van der Waals surface area (Å²) in [6, 6.07) is 5.37. The Hall–Kier alpha value is -1.92. The molecule has 1 N–H and O–H groups in total. The van der Waals surface area contributed by atoms with Gasteiger partial charge in [0.1, 0.15) is 11.2 Å². The third kappa shape index (κ3) is 2.77. The highest BCUT2D eigenvalue weighted by atomic mass is 35.5. The Morgan fingerprint density at radius 2 is 2.24 bits per heavy atom. The summed E-state index contributed by atoms with van der Waals surface area (Å²) >= 11 is 0. The number of rotatable bonds is 1. The van der Waals surface area contributed by atoms with Crippen molar-refractivity contribution < 1.29 is 4.79 Å². The van der Waals surface area contributed by atoms with E-state index in [1.807, 2.05) is 13.0 Å². The van der Waals surface area contributed by atoms with Gasteiger partial charge in [0.05, 0.1) is 0 Å². The second-order valence-corrected chi connectivity index (χ2v) is 4.96. The molecule has 0 bridgehead atoms. The Balaban J connectivity index is 0.00000161. The van der Waals surface area contributed by atoms with E-state index in [-0.39, 0.29) is 35.5 Å². The highest BCUT2D eigenvalue weighted by Gasteiger charge is 2.26.